The van der Waals surface area contributed by atoms with E-state index in [1.165, 1.54) is 17.1 Å². The van der Waals surface area contributed by atoms with Crippen molar-refractivity contribution in [1.29, 1.82) is 0 Å². The number of ether oxygens (including phenoxy) is 2. The van der Waals surface area contributed by atoms with Crippen molar-refractivity contribution in [2.24, 2.45) is 0 Å². The first-order valence-electron chi connectivity index (χ1n) is 5.57. The molecule has 0 unspecified atom stereocenters. The van der Waals surface area contributed by atoms with Gasteiger partial charge in [-0.1, -0.05) is 12.7 Å². The molecule has 0 fully saturated rings. The third-order valence-electron chi connectivity index (χ3n) is 1.96. The SMILES string of the molecule is C=C/C=C(/OC(=O)N(CC)CC)C(=O)OCC. The van der Waals surface area contributed by atoms with E-state index in [1.54, 1.807) is 6.92 Å². The number of carbonyl (C=O) groups excluding carboxylic acids is 2. The van der Waals surface area contributed by atoms with Gasteiger partial charge in [-0.15, -0.1) is 0 Å². The minimum Gasteiger partial charge on any atom is -0.460 e. The molecule has 0 aromatic heterocycles. The Bertz CT molecular complexity index is 306. The van der Waals surface area contributed by atoms with Crippen LogP contribution in [0, 0.1) is 0 Å². The van der Waals surface area contributed by atoms with Gasteiger partial charge in [0.15, 0.2) is 0 Å². The molecule has 1 amide bonds. The van der Waals surface area contributed by atoms with Crippen molar-refractivity contribution in [3.8, 4) is 0 Å². The average Bonchev–Trinajstić information content (AvgIpc) is 2.30. The van der Waals surface area contributed by atoms with Crippen LogP contribution in [-0.2, 0) is 14.3 Å². The van der Waals surface area contributed by atoms with Crippen molar-refractivity contribution < 1.29 is 19.1 Å². The fraction of sp³-hybridized carbons (Fsp3) is 0.500. The highest BCUT2D eigenvalue weighted by atomic mass is 16.6. The van der Waals surface area contributed by atoms with Gasteiger partial charge in [-0.2, -0.15) is 0 Å². The zero-order valence-electron chi connectivity index (χ0n) is 10.6. The smallest absolute Gasteiger partial charge is 0.415 e. The molecular weight excluding hydrogens is 222 g/mol. The van der Waals surface area contributed by atoms with Gasteiger partial charge in [0, 0.05) is 13.1 Å². The van der Waals surface area contributed by atoms with Crippen molar-refractivity contribution in [1.82, 2.24) is 4.90 Å². The second kappa shape index (κ2) is 8.38. The van der Waals surface area contributed by atoms with Crippen LogP contribution < -0.4 is 0 Å². The van der Waals surface area contributed by atoms with Gasteiger partial charge in [0.2, 0.25) is 5.76 Å². The van der Waals surface area contributed by atoms with E-state index in [9.17, 15) is 9.59 Å². The van der Waals surface area contributed by atoms with Gasteiger partial charge in [0.05, 0.1) is 6.61 Å². The lowest BCUT2D eigenvalue weighted by Gasteiger charge is -2.18. The molecule has 0 N–H and O–H groups in total. The van der Waals surface area contributed by atoms with Gasteiger partial charge in [0.1, 0.15) is 0 Å². The standard InChI is InChI=1S/C12H19NO4/c1-5-9-10(11(14)16-8-4)17-12(15)13(6-2)7-3/h5,9H,1,6-8H2,2-4H3/b10-9+. The molecule has 0 aromatic rings. The van der Waals surface area contributed by atoms with Crippen LogP contribution in [0.5, 0.6) is 0 Å². The molecule has 0 saturated heterocycles. The van der Waals surface area contributed by atoms with Gasteiger partial charge >= 0.3 is 12.1 Å². The van der Waals surface area contributed by atoms with E-state index >= 15 is 0 Å². The van der Waals surface area contributed by atoms with Crippen molar-refractivity contribution in [3.05, 3.63) is 24.5 Å². The monoisotopic (exact) mass is 241 g/mol. The number of rotatable bonds is 6. The van der Waals surface area contributed by atoms with Crippen LogP contribution in [-0.4, -0.2) is 36.7 Å². The lowest BCUT2D eigenvalue weighted by atomic mass is 10.4. The van der Waals surface area contributed by atoms with Crippen LogP contribution in [0.3, 0.4) is 0 Å². The topological polar surface area (TPSA) is 55.8 Å². The molecule has 96 valence electrons. The summed E-state index contributed by atoms with van der Waals surface area (Å²) in [6, 6.07) is 0. The first kappa shape index (κ1) is 15.2. The van der Waals surface area contributed by atoms with Crippen LogP contribution in [0.25, 0.3) is 0 Å². The minimum absolute atomic E-state index is 0.154. The maximum atomic E-state index is 11.6. The molecule has 0 aliphatic rings. The third-order valence-corrected chi connectivity index (χ3v) is 1.96. The highest BCUT2D eigenvalue weighted by molar-refractivity contribution is 5.89. The van der Waals surface area contributed by atoms with Gasteiger partial charge in [-0.25, -0.2) is 9.59 Å². The van der Waals surface area contributed by atoms with Crippen molar-refractivity contribution in [2.45, 2.75) is 20.8 Å². The molecule has 0 aliphatic heterocycles. The Kier molecular flexibility index (Phi) is 7.50. The van der Waals surface area contributed by atoms with E-state index in [1.807, 2.05) is 13.8 Å². The fourth-order valence-electron chi connectivity index (χ4n) is 1.09. The van der Waals surface area contributed by atoms with Gasteiger partial charge in [0.25, 0.3) is 0 Å². The summed E-state index contributed by atoms with van der Waals surface area (Å²) in [4.78, 5) is 24.5. The Morgan fingerprint density at radius 3 is 2.24 bits per heavy atom. The zero-order chi connectivity index (χ0) is 13.3. The highest BCUT2D eigenvalue weighted by Gasteiger charge is 2.19. The predicted molar refractivity (Wildman–Crippen MR) is 64.3 cm³/mol. The summed E-state index contributed by atoms with van der Waals surface area (Å²) < 4.78 is 9.71. The summed E-state index contributed by atoms with van der Waals surface area (Å²) in [5, 5.41) is 0. The first-order valence-corrected chi connectivity index (χ1v) is 5.57. The molecule has 0 heterocycles. The molecule has 0 radical (unpaired) electrons. The van der Waals surface area contributed by atoms with Crippen LogP contribution in [0.2, 0.25) is 0 Å². The van der Waals surface area contributed by atoms with Crippen LogP contribution in [0.1, 0.15) is 20.8 Å². The number of hydrogen-bond acceptors (Lipinski definition) is 4. The minimum atomic E-state index is -0.673. The number of esters is 1. The summed E-state index contributed by atoms with van der Waals surface area (Å²) >= 11 is 0. The molecule has 0 saturated carbocycles. The summed E-state index contributed by atoms with van der Waals surface area (Å²) in [6.07, 6.45) is 2.09. The number of allylic oxidation sites excluding steroid dienone is 2. The predicted octanol–water partition coefficient (Wildman–Crippen LogP) is 2.10. The molecule has 0 atom stereocenters. The summed E-state index contributed by atoms with van der Waals surface area (Å²) in [5.74, 6) is -0.827. The Morgan fingerprint density at radius 1 is 1.24 bits per heavy atom. The quantitative estimate of drug-likeness (QED) is 0.309. The lowest BCUT2D eigenvalue weighted by Crippen LogP contribution is -2.32. The molecule has 0 aromatic carbocycles. The van der Waals surface area contributed by atoms with E-state index in [2.05, 4.69) is 6.58 Å². The Morgan fingerprint density at radius 2 is 1.82 bits per heavy atom. The van der Waals surface area contributed by atoms with Gasteiger partial charge in [-0.3, -0.25) is 0 Å². The van der Waals surface area contributed by atoms with E-state index < -0.39 is 12.1 Å². The molecule has 17 heavy (non-hydrogen) atoms. The van der Waals surface area contributed by atoms with Gasteiger partial charge < -0.3 is 14.4 Å². The summed E-state index contributed by atoms with van der Waals surface area (Å²) in [5.41, 5.74) is 0. The molecule has 0 bridgehead atoms. The molecular formula is C12H19NO4. The number of carbonyl (C=O) groups is 2. The Balaban J connectivity index is 4.66. The molecule has 0 spiro atoms. The number of nitrogens with zero attached hydrogens (tertiary/aromatic N) is 1. The fourth-order valence-corrected chi connectivity index (χ4v) is 1.09. The number of hydrogen-bond donors (Lipinski definition) is 0. The van der Waals surface area contributed by atoms with Crippen molar-refractivity contribution in [3.63, 3.8) is 0 Å². The Labute approximate surface area is 102 Å². The average molecular weight is 241 g/mol. The van der Waals surface area contributed by atoms with Crippen LogP contribution in [0.4, 0.5) is 4.79 Å². The van der Waals surface area contributed by atoms with E-state index in [0.29, 0.717) is 13.1 Å². The lowest BCUT2D eigenvalue weighted by molar-refractivity contribution is -0.141. The first-order chi connectivity index (χ1) is 8.10. The summed E-state index contributed by atoms with van der Waals surface area (Å²) in [7, 11) is 0. The second-order valence-electron chi connectivity index (χ2n) is 3.03. The molecule has 0 aliphatic carbocycles. The highest BCUT2D eigenvalue weighted by Crippen LogP contribution is 2.05. The van der Waals surface area contributed by atoms with E-state index in [-0.39, 0.29) is 12.4 Å². The van der Waals surface area contributed by atoms with E-state index in [0.717, 1.165) is 0 Å². The summed E-state index contributed by atoms with van der Waals surface area (Å²) in [6.45, 7) is 10.0. The van der Waals surface area contributed by atoms with Crippen molar-refractivity contribution in [2.75, 3.05) is 19.7 Å². The van der Waals surface area contributed by atoms with Crippen LogP contribution >= 0.6 is 0 Å². The maximum Gasteiger partial charge on any atom is 0.415 e. The molecule has 5 nitrogen and oxygen atoms in total. The number of amides is 1. The largest absolute Gasteiger partial charge is 0.460 e. The third kappa shape index (κ3) is 5.19. The molecule has 5 heteroatoms. The van der Waals surface area contributed by atoms with E-state index in [4.69, 9.17) is 9.47 Å². The van der Waals surface area contributed by atoms with Gasteiger partial charge in [-0.05, 0) is 26.8 Å². The zero-order valence-corrected chi connectivity index (χ0v) is 10.6. The van der Waals surface area contributed by atoms with Crippen molar-refractivity contribution >= 4 is 12.1 Å². The Hall–Kier alpha value is -1.78. The maximum absolute atomic E-state index is 11.6. The molecule has 0 rings (SSSR count). The van der Waals surface area contributed by atoms with Crippen LogP contribution in [0.15, 0.2) is 24.5 Å². The normalized spacial score (nSPS) is 10.6. The second-order valence-corrected chi connectivity index (χ2v) is 3.03.